The molecule has 1 heterocycles. The summed E-state index contributed by atoms with van der Waals surface area (Å²) < 4.78 is 6.39. The molecule has 4 rings (SSSR count). The predicted molar refractivity (Wildman–Crippen MR) is 94.8 cm³/mol. The Morgan fingerprint density at radius 2 is 1.57 bits per heavy atom. The molecule has 23 heavy (non-hydrogen) atoms. The lowest BCUT2D eigenvalue weighted by Gasteiger charge is -2.08. The molecule has 3 aromatic carbocycles. The second kappa shape index (κ2) is 5.25. The summed E-state index contributed by atoms with van der Waals surface area (Å²) in [6.07, 6.45) is 0. The quantitative estimate of drug-likeness (QED) is 0.377. The molecule has 0 radical (unpaired) electrons. The van der Waals surface area contributed by atoms with Crippen LogP contribution >= 0.6 is 15.9 Å². The van der Waals surface area contributed by atoms with Crippen molar-refractivity contribution >= 4 is 37.7 Å². The van der Waals surface area contributed by atoms with Gasteiger partial charge in [0, 0.05) is 9.86 Å². The molecule has 0 amide bonds. The van der Waals surface area contributed by atoms with Crippen molar-refractivity contribution in [1.29, 1.82) is 0 Å². The first kappa shape index (κ1) is 14.0. The van der Waals surface area contributed by atoms with Gasteiger partial charge in [0.2, 0.25) is 0 Å². The van der Waals surface area contributed by atoms with Crippen LogP contribution in [0.4, 0.5) is 0 Å². The van der Waals surface area contributed by atoms with Crippen molar-refractivity contribution in [3.05, 3.63) is 75.6 Å². The first-order valence-corrected chi connectivity index (χ1v) is 7.87. The molecule has 0 bridgehead atoms. The monoisotopic (exact) mass is 366 g/mol. The first-order valence-electron chi connectivity index (χ1n) is 7.08. The van der Waals surface area contributed by atoms with Crippen LogP contribution in [0.25, 0.3) is 32.9 Å². The lowest BCUT2D eigenvalue weighted by molar-refractivity contribution is 0.480. The normalized spacial score (nSPS) is 11.2. The van der Waals surface area contributed by atoms with Gasteiger partial charge in [-0.1, -0.05) is 46.3 Å². The number of phenolic OH excluding ortho intramolecular Hbond substituents is 1. The molecule has 112 valence electrons. The van der Waals surface area contributed by atoms with Gasteiger partial charge < -0.3 is 9.52 Å². The molecule has 0 aliphatic carbocycles. The highest BCUT2D eigenvalue weighted by Gasteiger charge is 2.12. The van der Waals surface area contributed by atoms with Crippen LogP contribution in [0.3, 0.4) is 0 Å². The molecule has 0 spiro atoms. The number of aromatic hydroxyl groups is 1. The molecule has 4 aromatic rings. The zero-order chi connectivity index (χ0) is 16.0. The van der Waals surface area contributed by atoms with E-state index in [0.29, 0.717) is 21.7 Å². The van der Waals surface area contributed by atoms with Crippen molar-refractivity contribution in [1.82, 2.24) is 0 Å². The van der Waals surface area contributed by atoms with Crippen LogP contribution in [0.2, 0.25) is 0 Å². The van der Waals surface area contributed by atoms with Gasteiger partial charge in [-0.15, -0.1) is 0 Å². The van der Waals surface area contributed by atoms with Crippen molar-refractivity contribution in [2.75, 3.05) is 0 Å². The van der Waals surface area contributed by atoms with E-state index in [4.69, 9.17) is 4.42 Å². The second-order valence-corrected chi connectivity index (χ2v) is 6.23. The summed E-state index contributed by atoms with van der Waals surface area (Å²) in [5.74, 6) is 0.0976. The van der Waals surface area contributed by atoms with E-state index < -0.39 is 5.63 Å². The maximum absolute atomic E-state index is 12.1. The fourth-order valence-corrected chi connectivity index (χ4v) is 3.06. The number of halogens is 1. The van der Waals surface area contributed by atoms with Crippen molar-refractivity contribution < 1.29 is 9.52 Å². The van der Waals surface area contributed by atoms with Crippen LogP contribution in [0.1, 0.15) is 0 Å². The van der Waals surface area contributed by atoms with E-state index in [1.165, 1.54) is 0 Å². The molecular formula is C19H11BrO3. The fourth-order valence-electron chi connectivity index (χ4n) is 2.79. The highest BCUT2D eigenvalue weighted by Crippen LogP contribution is 2.35. The van der Waals surface area contributed by atoms with Crippen molar-refractivity contribution in [2.24, 2.45) is 0 Å². The average molecular weight is 367 g/mol. The van der Waals surface area contributed by atoms with Gasteiger partial charge >= 0.3 is 5.63 Å². The summed E-state index contributed by atoms with van der Waals surface area (Å²) in [7, 11) is 0. The summed E-state index contributed by atoms with van der Waals surface area (Å²) in [6.45, 7) is 0. The second-order valence-electron chi connectivity index (χ2n) is 5.31. The van der Waals surface area contributed by atoms with Gasteiger partial charge in [-0.2, -0.15) is 0 Å². The zero-order valence-electron chi connectivity index (χ0n) is 11.9. The molecule has 0 unspecified atom stereocenters. The summed E-state index contributed by atoms with van der Waals surface area (Å²) in [4.78, 5) is 12.1. The number of rotatable bonds is 1. The van der Waals surface area contributed by atoms with E-state index in [2.05, 4.69) is 15.9 Å². The molecular weight excluding hydrogens is 356 g/mol. The third kappa shape index (κ3) is 2.32. The Balaban J connectivity index is 2.07. The number of fused-ring (bicyclic) bond motifs is 3. The molecule has 0 atom stereocenters. The number of benzene rings is 3. The van der Waals surface area contributed by atoms with Crippen LogP contribution < -0.4 is 5.63 Å². The summed E-state index contributed by atoms with van der Waals surface area (Å²) in [5.41, 5.74) is 1.70. The Kier molecular flexibility index (Phi) is 3.20. The van der Waals surface area contributed by atoms with E-state index in [1.54, 1.807) is 24.3 Å². The minimum absolute atomic E-state index is 0.0976. The Hall–Kier alpha value is -2.59. The number of hydrogen-bond acceptors (Lipinski definition) is 3. The highest BCUT2D eigenvalue weighted by molar-refractivity contribution is 9.10. The van der Waals surface area contributed by atoms with Gasteiger partial charge in [-0.05, 0) is 41.5 Å². The minimum atomic E-state index is -0.402. The SMILES string of the molecule is O=c1oc2cc(-c3ccc(Br)cc3)cc(O)c2c2ccccc12. The molecule has 1 aromatic heterocycles. The van der Waals surface area contributed by atoms with Crippen LogP contribution in [0.5, 0.6) is 5.75 Å². The van der Waals surface area contributed by atoms with Gasteiger partial charge in [-0.25, -0.2) is 4.79 Å². The Labute approximate surface area is 139 Å². The zero-order valence-corrected chi connectivity index (χ0v) is 13.5. The first-order chi connectivity index (χ1) is 11.1. The third-order valence-electron chi connectivity index (χ3n) is 3.88. The third-order valence-corrected chi connectivity index (χ3v) is 4.41. The molecule has 3 nitrogen and oxygen atoms in total. The molecule has 0 aliphatic heterocycles. The van der Waals surface area contributed by atoms with Crippen molar-refractivity contribution in [3.8, 4) is 16.9 Å². The van der Waals surface area contributed by atoms with Crippen molar-refractivity contribution in [3.63, 3.8) is 0 Å². The maximum atomic E-state index is 12.1. The van der Waals surface area contributed by atoms with Crippen LogP contribution in [0.15, 0.2) is 74.3 Å². The summed E-state index contributed by atoms with van der Waals surface area (Å²) in [5, 5.41) is 12.2. The van der Waals surface area contributed by atoms with E-state index >= 15 is 0 Å². The average Bonchev–Trinajstić information content (AvgIpc) is 2.55. The van der Waals surface area contributed by atoms with E-state index in [0.717, 1.165) is 15.6 Å². The van der Waals surface area contributed by atoms with E-state index in [-0.39, 0.29) is 5.75 Å². The fraction of sp³-hybridized carbons (Fsp3) is 0. The van der Waals surface area contributed by atoms with Crippen molar-refractivity contribution in [2.45, 2.75) is 0 Å². The van der Waals surface area contributed by atoms with Gasteiger partial charge in [0.25, 0.3) is 0 Å². The number of phenols is 1. The lowest BCUT2D eigenvalue weighted by Crippen LogP contribution is -1.99. The largest absolute Gasteiger partial charge is 0.507 e. The van der Waals surface area contributed by atoms with Gasteiger partial charge in [0.1, 0.15) is 11.3 Å². The Morgan fingerprint density at radius 3 is 2.30 bits per heavy atom. The smallest absolute Gasteiger partial charge is 0.344 e. The predicted octanol–water partition coefficient (Wildman–Crippen LogP) is 5.08. The van der Waals surface area contributed by atoms with Gasteiger partial charge in [0.05, 0.1) is 10.8 Å². The molecule has 0 saturated heterocycles. The molecule has 1 N–H and O–H groups in total. The minimum Gasteiger partial charge on any atom is -0.507 e. The van der Waals surface area contributed by atoms with Crippen LogP contribution in [-0.4, -0.2) is 5.11 Å². The topological polar surface area (TPSA) is 50.4 Å². The van der Waals surface area contributed by atoms with Gasteiger partial charge in [-0.3, -0.25) is 0 Å². The summed E-state index contributed by atoms with van der Waals surface area (Å²) >= 11 is 3.40. The van der Waals surface area contributed by atoms with Crippen LogP contribution in [0, 0.1) is 0 Å². The molecule has 0 fully saturated rings. The summed E-state index contributed by atoms with van der Waals surface area (Å²) in [6, 6.07) is 18.3. The van der Waals surface area contributed by atoms with Gasteiger partial charge in [0.15, 0.2) is 0 Å². The Bertz CT molecular complexity index is 1100. The number of hydrogen-bond donors (Lipinski definition) is 1. The van der Waals surface area contributed by atoms with E-state index in [1.807, 2.05) is 36.4 Å². The Morgan fingerprint density at radius 1 is 0.870 bits per heavy atom. The maximum Gasteiger partial charge on any atom is 0.344 e. The lowest BCUT2D eigenvalue weighted by atomic mass is 10.0. The molecule has 4 heteroatoms. The van der Waals surface area contributed by atoms with Crippen LogP contribution in [-0.2, 0) is 0 Å². The molecule has 0 saturated carbocycles. The standard InChI is InChI=1S/C19H11BrO3/c20-13-7-5-11(6-8-13)12-9-16(21)18-14-3-1-2-4-15(14)19(22)23-17(18)10-12/h1-10,21H. The van der Waals surface area contributed by atoms with E-state index in [9.17, 15) is 9.90 Å². The molecule has 0 aliphatic rings. The highest BCUT2D eigenvalue weighted by atomic mass is 79.9.